The smallest absolute Gasteiger partial charge is 0.141 e. The molecule has 1 unspecified atom stereocenters. The summed E-state index contributed by atoms with van der Waals surface area (Å²) in [7, 11) is 0. The quantitative estimate of drug-likeness (QED) is 0.571. The summed E-state index contributed by atoms with van der Waals surface area (Å²) < 4.78 is 0. The van der Waals surface area contributed by atoms with Gasteiger partial charge in [0.15, 0.2) is 0 Å². The molecule has 1 atom stereocenters. The van der Waals surface area contributed by atoms with Crippen molar-refractivity contribution in [2.75, 3.05) is 0 Å². The Morgan fingerprint density at radius 2 is 1.62 bits per heavy atom. The maximum atomic E-state index is 12.5. The largest absolute Gasteiger partial charge is 0.300 e. The number of hydrogen-bond donors (Lipinski definition) is 0. The molecule has 0 spiro atoms. The van der Waals surface area contributed by atoms with E-state index < -0.39 is 0 Å². The van der Waals surface area contributed by atoms with Crippen LogP contribution in [0.2, 0.25) is 0 Å². The summed E-state index contributed by atoms with van der Waals surface area (Å²) >= 11 is 0. The normalized spacial score (nSPS) is 26.7. The Kier molecular flexibility index (Phi) is 7.92. The van der Waals surface area contributed by atoms with Crippen LogP contribution in [0.5, 0.6) is 0 Å². The molecule has 120 valence electrons. The Morgan fingerprint density at radius 3 is 2.38 bits per heavy atom. The van der Waals surface area contributed by atoms with Crippen LogP contribution in [-0.4, -0.2) is 11.6 Å². The molecule has 2 heteroatoms. The Bertz CT molecular complexity index is 366. The van der Waals surface area contributed by atoms with Gasteiger partial charge in [-0.15, -0.1) is 0 Å². The van der Waals surface area contributed by atoms with Crippen LogP contribution in [0.1, 0.15) is 85.0 Å². The highest BCUT2D eigenvalue weighted by Gasteiger charge is 2.30. The van der Waals surface area contributed by atoms with Crippen LogP contribution < -0.4 is 0 Å². The van der Waals surface area contributed by atoms with Crippen LogP contribution in [-0.2, 0) is 9.59 Å². The lowest BCUT2D eigenvalue weighted by molar-refractivity contribution is -0.131. The topological polar surface area (TPSA) is 34.1 Å². The molecule has 1 aliphatic rings. The van der Waals surface area contributed by atoms with E-state index in [9.17, 15) is 9.59 Å². The molecular weight excluding hydrogens is 260 g/mol. The molecule has 21 heavy (non-hydrogen) atoms. The van der Waals surface area contributed by atoms with E-state index in [-0.39, 0.29) is 11.3 Å². The minimum absolute atomic E-state index is 0.000774. The predicted octanol–water partition coefficient (Wildman–Crippen LogP) is 5.26. The monoisotopic (exact) mass is 292 g/mol. The number of allylic oxidation sites excluding steroid dienone is 2. The summed E-state index contributed by atoms with van der Waals surface area (Å²) in [6, 6.07) is 0. The average molecular weight is 292 g/mol. The van der Waals surface area contributed by atoms with Crippen molar-refractivity contribution >= 4 is 11.6 Å². The third-order valence-corrected chi connectivity index (χ3v) is 4.65. The molecule has 0 N–H and O–H groups in total. The van der Waals surface area contributed by atoms with Crippen molar-refractivity contribution in [2.45, 2.75) is 85.0 Å². The van der Waals surface area contributed by atoms with Gasteiger partial charge in [0.05, 0.1) is 0 Å². The highest BCUT2D eigenvalue weighted by Crippen LogP contribution is 2.29. The fourth-order valence-corrected chi connectivity index (χ4v) is 3.04. The number of hydrogen-bond acceptors (Lipinski definition) is 2. The van der Waals surface area contributed by atoms with Gasteiger partial charge in [-0.1, -0.05) is 45.8 Å². The van der Waals surface area contributed by atoms with E-state index in [0.29, 0.717) is 24.4 Å². The van der Waals surface area contributed by atoms with Crippen molar-refractivity contribution in [3.05, 3.63) is 12.2 Å². The first-order valence-electron chi connectivity index (χ1n) is 8.64. The zero-order valence-electron chi connectivity index (χ0n) is 14.1. The molecule has 0 aromatic rings. The van der Waals surface area contributed by atoms with Crippen molar-refractivity contribution in [1.82, 2.24) is 0 Å². The lowest BCUT2D eigenvalue weighted by Crippen LogP contribution is -2.30. The molecule has 1 rings (SSSR count). The molecular formula is C19H32O2. The zero-order chi connectivity index (χ0) is 15.7. The Hall–Kier alpha value is -0.920. The minimum Gasteiger partial charge on any atom is -0.300 e. The molecule has 0 saturated heterocycles. The van der Waals surface area contributed by atoms with Crippen LogP contribution in [0.15, 0.2) is 12.2 Å². The number of Topliss-reactive ketones (excluding diaryl/α,β-unsaturated/α-hetero) is 2. The molecule has 0 fully saturated rings. The molecule has 0 aliphatic heterocycles. The second kappa shape index (κ2) is 9.17. The van der Waals surface area contributed by atoms with E-state index in [1.807, 2.05) is 20.8 Å². The van der Waals surface area contributed by atoms with Gasteiger partial charge in [0.25, 0.3) is 0 Å². The number of carbonyl (C=O) groups is 2. The molecule has 0 radical (unpaired) electrons. The van der Waals surface area contributed by atoms with E-state index >= 15 is 0 Å². The summed E-state index contributed by atoms with van der Waals surface area (Å²) in [6.45, 7) is 6.07. The molecule has 0 bridgehead atoms. The SMILES string of the molecule is CC1CCC(=O)CCCCCCC=CCCC(C)(C)C1=O. The lowest BCUT2D eigenvalue weighted by Gasteiger charge is -2.26. The first-order chi connectivity index (χ1) is 9.93. The summed E-state index contributed by atoms with van der Waals surface area (Å²) in [5.74, 6) is 0.649. The van der Waals surface area contributed by atoms with Gasteiger partial charge in [-0.2, -0.15) is 0 Å². The summed E-state index contributed by atoms with van der Waals surface area (Å²) in [5.41, 5.74) is -0.274. The van der Waals surface area contributed by atoms with Crippen LogP contribution in [0, 0.1) is 11.3 Å². The summed E-state index contributed by atoms with van der Waals surface area (Å²) in [4.78, 5) is 24.4. The molecule has 0 aromatic heterocycles. The lowest BCUT2D eigenvalue weighted by atomic mass is 9.77. The Morgan fingerprint density at radius 1 is 0.952 bits per heavy atom. The molecule has 0 aromatic carbocycles. The molecule has 2 nitrogen and oxygen atoms in total. The minimum atomic E-state index is -0.274. The number of ketones is 2. The highest BCUT2D eigenvalue weighted by atomic mass is 16.1. The fourth-order valence-electron chi connectivity index (χ4n) is 3.04. The van der Waals surface area contributed by atoms with Gasteiger partial charge in [-0.3, -0.25) is 9.59 Å². The van der Waals surface area contributed by atoms with E-state index in [2.05, 4.69) is 12.2 Å². The van der Waals surface area contributed by atoms with Gasteiger partial charge in [0, 0.05) is 24.2 Å². The van der Waals surface area contributed by atoms with Crippen molar-refractivity contribution < 1.29 is 9.59 Å². The van der Waals surface area contributed by atoms with Gasteiger partial charge in [0.1, 0.15) is 11.6 Å². The second-order valence-electron chi connectivity index (χ2n) is 7.19. The highest BCUT2D eigenvalue weighted by molar-refractivity contribution is 5.86. The van der Waals surface area contributed by atoms with Crippen LogP contribution >= 0.6 is 0 Å². The molecule has 1 aliphatic carbocycles. The van der Waals surface area contributed by atoms with Gasteiger partial charge >= 0.3 is 0 Å². The maximum Gasteiger partial charge on any atom is 0.141 e. The average Bonchev–Trinajstić information content (AvgIpc) is 2.44. The van der Waals surface area contributed by atoms with Crippen LogP contribution in [0.4, 0.5) is 0 Å². The van der Waals surface area contributed by atoms with E-state index in [4.69, 9.17) is 0 Å². The van der Waals surface area contributed by atoms with Crippen LogP contribution in [0.25, 0.3) is 0 Å². The zero-order valence-corrected chi connectivity index (χ0v) is 14.1. The fraction of sp³-hybridized carbons (Fsp3) is 0.789. The Labute approximate surface area is 130 Å². The van der Waals surface area contributed by atoms with Gasteiger partial charge in [-0.05, 0) is 38.5 Å². The Balaban J connectivity index is 2.62. The standard InChI is InChI=1S/C19H32O2/c1-16-13-14-17(20)12-10-8-6-4-5-7-9-11-15-19(2,3)18(16)21/h7,9,16H,4-6,8,10-15H2,1-3H3. The molecule has 0 saturated carbocycles. The first-order valence-corrected chi connectivity index (χ1v) is 8.64. The number of rotatable bonds is 0. The maximum absolute atomic E-state index is 12.5. The first kappa shape index (κ1) is 18.1. The third-order valence-electron chi connectivity index (χ3n) is 4.65. The van der Waals surface area contributed by atoms with Crippen molar-refractivity contribution in [3.8, 4) is 0 Å². The molecule has 0 amide bonds. The number of carbonyl (C=O) groups excluding carboxylic acids is 2. The predicted molar refractivity (Wildman–Crippen MR) is 88.3 cm³/mol. The van der Waals surface area contributed by atoms with E-state index in [1.54, 1.807) is 0 Å². The van der Waals surface area contributed by atoms with Gasteiger partial charge in [-0.25, -0.2) is 0 Å². The van der Waals surface area contributed by atoms with Crippen molar-refractivity contribution in [3.63, 3.8) is 0 Å². The van der Waals surface area contributed by atoms with E-state index in [1.165, 1.54) is 12.8 Å². The summed E-state index contributed by atoms with van der Waals surface area (Å²) in [6.07, 6.45) is 14.1. The van der Waals surface area contributed by atoms with Crippen LogP contribution in [0.3, 0.4) is 0 Å². The molecule has 0 heterocycles. The van der Waals surface area contributed by atoms with Gasteiger partial charge < -0.3 is 0 Å². The van der Waals surface area contributed by atoms with Gasteiger partial charge in [0.2, 0.25) is 0 Å². The summed E-state index contributed by atoms with van der Waals surface area (Å²) in [5, 5.41) is 0. The van der Waals surface area contributed by atoms with Crippen molar-refractivity contribution in [1.29, 1.82) is 0 Å². The van der Waals surface area contributed by atoms with Crippen molar-refractivity contribution in [2.24, 2.45) is 11.3 Å². The van der Waals surface area contributed by atoms with E-state index in [0.717, 1.165) is 38.5 Å². The third kappa shape index (κ3) is 7.06. The second-order valence-corrected chi connectivity index (χ2v) is 7.19.